The molecule has 0 bridgehead atoms. The van der Waals surface area contributed by atoms with Gasteiger partial charge in [0.15, 0.2) is 6.61 Å². The van der Waals surface area contributed by atoms with Crippen LogP contribution in [0.2, 0.25) is 5.02 Å². The normalized spacial score (nSPS) is 15.5. The van der Waals surface area contributed by atoms with E-state index in [0.29, 0.717) is 16.3 Å². The second kappa shape index (κ2) is 9.93. The van der Waals surface area contributed by atoms with Crippen molar-refractivity contribution in [2.24, 2.45) is 5.92 Å². The zero-order chi connectivity index (χ0) is 22.5. The van der Waals surface area contributed by atoms with Gasteiger partial charge in [0.2, 0.25) is 5.91 Å². The van der Waals surface area contributed by atoms with E-state index in [1.807, 2.05) is 6.92 Å². The quantitative estimate of drug-likeness (QED) is 0.584. The molecule has 10 heteroatoms. The second-order valence-corrected chi connectivity index (χ2v) is 8.30. The Kier molecular flexibility index (Phi) is 7.29. The van der Waals surface area contributed by atoms with Crippen LogP contribution in [0, 0.1) is 12.8 Å². The maximum atomic E-state index is 12.3. The van der Waals surface area contributed by atoms with E-state index in [-0.39, 0.29) is 13.0 Å². The molecule has 0 aliphatic carbocycles. The van der Waals surface area contributed by atoms with Gasteiger partial charge >= 0.3 is 5.97 Å². The summed E-state index contributed by atoms with van der Waals surface area (Å²) in [6, 6.07) is 11.6. The number of benzene rings is 2. The number of esters is 1. The van der Waals surface area contributed by atoms with Gasteiger partial charge in [0.25, 0.3) is 11.8 Å². The van der Waals surface area contributed by atoms with Crippen LogP contribution in [-0.4, -0.2) is 41.9 Å². The minimum absolute atomic E-state index is 0.0326. The Morgan fingerprint density at radius 3 is 2.58 bits per heavy atom. The van der Waals surface area contributed by atoms with E-state index in [2.05, 4.69) is 26.7 Å². The third-order valence-electron chi connectivity index (χ3n) is 4.60. The third kappa shape index (κ3) is 6.05. The summed E-state index contributed by atoms with van der Waals surface area (Å²) in [7, 11) is 0. The molecule has 0 spiro atoms. The molecule has 2 N–H and O–H groups in total. The molecule has 1 heterocycles. The van der Waals surface area contributed by atoms with Crippen molar-refractivity contribution < 1.29 is 23.9 Å². The number of nitrogens with one attached hydrogen (secondary N) is 2. The maximum Gasteiger partial charge on any atom is 0.311 e. The summed E-state index contributed by atoms with van der Waals surface area (Å²) in [4.78, 5) is 48.7. The lowest BCUT2D eigenvalue weighted by molar-refractivity contribution is -0.151. The lowest BCUT2D eigenvalue weighted by Crippen LogP contribution is -2.43. The van der Waals surface area contributed by atoms with Crippen molar-refractivity contribution in [3.63, 3.8) is 0 Å². The standard InChI is InChI=1S/C21H19BrClN3O5/c1-12-2-7-16(9-17(12)23)24-18(27)11-31-21(30)14-8-19(28)26(10-14)25-20(29)13-3-5-15(22)6-4-13/h2-7,9,14H,8,10-11H2,1H3,(H,24,27)(H,25,29)/t14-/m0/s1. The summed E-state index contributed by atoms with van der Waals surface area (Å²) < 4.78 is 5.85. The number of rotatable bonds is 6. The van der Waals surface area contributed by atoms with Gasteiger partial charge in [-0.1, -0.05) is 33.6 Å². The SMILES string of the molecule is Cc1ccc(NC(=O)COC(=O)[C@H]2CC(=O)N(NC(=O)c3ccc(Br)cc3)C2)cc1Cl. The van der Waals surface area contributed by atoms with Crippen molar-refractivity contribution >= 4 is 56.9 Å². The Bertz CT molecular complexity index is 1030. The summed E-state index contributed by atoms with van der Waals surface area (Å²) in [5.41, 5.74) is 4.21. The van der Waals surface area contributed by atoms with E-state index in [1.165, 1.54) is 0 Å². The topological polar surface area (TPSA) is 105 Å². The minimum Gasteiger partial charge on any atom is -0.455 e. The summed E-state index contributed by atoms with van der Waals surface area (Å²) in [6.45, 7) is 1.30. The molecular weight excluding hydrogens is 490 g/mol. The number of hydrazine groups is 1. The van der Waals surface area contributed by atoms with Crippen LogP contribution in [0.1, 0.15) is 22.3 Å². The highest BCUT2D eigenvalue weighted by Crippen LogP contribution is 2.21. The number of carbonyl (C=O) groups excluding carboxylic acids is 4. The number of anilines is 1. The van der Waals surface area contributed by atoms with Gasteiger partial charge in [0, 0.05) is 27.2 Å². The van der Waals surface area contributed by atoms with Crippen LogP contribution >= 0.6 is 27.5 Å². The predicted octanol–water partition coefficient (Wildman–Crippen LogP) is 3.09. The summed E-state index contributed by atoms with van der Waals surface area (Å²) in [5.74, 6) is -2.87. The number of nitrogens with zero attached hydrogens (tertiary/aromatic N) is 1. The van der Waals surface area contributed by atoms with Gasteiger partial charge in [0.05, 0.1) is 12.5 Å². The molecule has 2 aromatic rings. The van der Waals surface area contributed by atoms with Gasteiger partial charge in [-0.25, -0.2) is 0 Å². The Morgan fingerprint density at radius 1 is 1.19 bits per heavy atom. The molecule has 1 aliphatic rings. The molecule has 1 saturated heterocycles. The molecule has 3 amide bonds. The van der Waals surface area contributed by atoms with Crippen LogP contribution in [0.3, 0.4) is 0 Å². The van der Waals surface area contributed by atoms with Crippen LogP contribution in [0.5, 0.6) is 0 Å². The summed E-state index contributed by atoms with van der Waals surface area (Å²) in [5, 5.41) is 4.18. The average molecular weight is 509 g/mol. The monoisotopic (exact) mass is 507 g/mol. The summed E-state index contributed by atoms with van der Waals surface area (Å²) >= 11 is 9.30. The zero-order valence-electron chi connectivity index (χ0n) is 16.5. The lowest BCUT2D eigenvalue weighted by atomic mass is 10.1. The first-order valence-electron chi connectivity index (χ1n) is 9.32. The molecular formula is C21H19BrClN3O5. The van der Waals surface area contributed by atoms with Crippen molar-refractivity contribution in [1.82, 2.24) is 10.4 Å². The Hall–Kier alpha value is -2.91. The van der Waals surface area contributed by atoms with E-state index in [4.69, 9.17) is 16.3 Å². The number of hydrogen-bond acceptors (Lipinski definition) is 5. The number of halogens is 2. The molecule has 162 valence electrons. The molecule has 0 saturated carbocycles. The number of aryl methyl sites for hydroxylation is 1. The molecule has 0 aromatic heterocycles. The Balaban J connectivity index is 1.48. The minimum atomic E-state index is -0.778. The van der Waals surface area contributed by atoms with Crippen molar-refractivity contribution in [2.75, 3.05) is 18.5 Å². The largest absolute Gasteiger partial charge is 0.455 e. The fourth-order valence-corrected chi connectivity index (χ4v) is 3.33. The van der Waals surface area contributed by atoms with Crippen LogP contribution in [0.4, 0.5) is 5.69 Å². The Morgan fingerprint density at radius 2 is 1.90 bits per heavy atom. The zero-order valence-corrected chi connectivity index (χ0v) is 18.8. The highest BCUT2D eigenvalue weighted by Gasteiger charge is 2.36. The fraction of sp³-hybridized carbons (Fsp3) is 0.238. The van der Waals surface area contributed by atoms with Gasteiger partial charge in [0.1, 0.15) is 0 Å². The van der Waals surface area contributed by atoms with E-state index in [0.717, 1.165) is 15.0 Å². The molecule has 0 unspecified atom stereocenters. The van der Waals surface area contributed by atoms with Gasteiger partial charge in [-0.15, -0.1) is 0 Å². The van der Waals surface area contributed by atoms with Gasteiger partial charge in [-0.3, -0.25) is 29.6 Å². The highest BCUT2D eigenvalue weighted by molar-refractivity contribution is 9.10. The number of carbonyl (C=O) groups is 4. The predicted molar refractivity (Wildman–Crippen MR) is 117 cm³/mol. The average Bonchev–Trinajstić information content (AvgIpc) is 3.10. The first-order chi connectivity index (χ1) is 14.7. The molecule has 1 aliphatic heterocycles. The number of hydrogen-bond donors (Lipinski definition) is 2. The van der Waals surface area contributed by atoms with Crippen molar-refractivity contribution in [2.45, 2.75) is 13.3 Å². The molecule has 8 nitrogen and oxygen atoms in total. The molecule has 1 atom stereocenters. The molecule has 31 heavy (non-hydrogen) atoms. The van der Waals surface area contributed by atoms with Crippen LogP contribution in [-0.2, 0) is 19.1 Å². The maximum absolute atomic E-state index is 12.3. The first-order valence-corrected chi connectivity index (χ1v) is 10.5. The van der Waals surface area contributed by atoms with E-state index < -0.39 is 36.2 Å². The highest BCUT2D eigenvalue weighted by atomic mass is 79.9. The van der Waals surface area contributed by atoms with Gasteiger partial charge < -0.3 is 10.1 Å². The molecule has 2 aromatic carbocycles. The van der Waals surface area contributed by atoms with Gasteiger partial charge in [-0.05, 0) is 48.9 Å². The lowest BCUT2D eigenvalue weighted by Gasteiger charge is -2.17. The van der Waals surface area contributed by atoms with Crippen molar-refractivity contribution in [3.8, 4) is 0 Å². The van der Waals surface area contributed by atoms with E-state index in [1.54, 1.807) is 42.5 Å². The Labute approximate surface area is 192 Å². The molecule has 3 rings (SSSR count). The van der Waals surface area contributed by atoms with Gasteiger partial charge in [-0.2, -0.15) is 0 Å². The van der Waals surface area contributed by atoms with Crippen LogP contribution < -0.4 is 10.7 Å². The first kappa shape index (κ1) is 22.8. The molecule has 0 radical (unpaired) electrons. The smallest absolute Gasteiger partial charge is 0.311 e. The van der Waals surface area contributed by atoms with E-state index >= 15 is 0 Å². The van der Waals surface area contributed by atoms with Crippen molar-refractivity contribution in [1.29, 1.82) is 0 Å². The number of ether oxygens (including phenoxy) is 1. The summed E-state index contributed by atoms with van der Waals surface area (Å²) in [6.07, 6.45) is -0.116. The van der Waals surface area contributed by atoms with Crippen LogP contribution in [0.25, 0.3) is 0 Å². The second-order valence-electron chi connectivity index (χ2n) is 6.97. The van der Waals surface area contributed by atoms with Crippen molar-refractivity contribution in [3.05, 3.63) is 63.1 Å². The molecule has 1 fully saturated rings. The number of amides is 3. The third-order valence-corrected chi connectivity index (χ3v) is 5.54. The van der Waals surface area contributed by atoms with Crippen LogP contribution in [0.15, 0.2) is 46.9 Å². The fourth-order valence-electron chi connectivity index (χ4n) is 2.88. The van der Waals surface area contributed by atoms with E-state index in [9.17, 15) is 19.2 Å².